The van der Waals surface area contributed by atoms with E-state index in [-0.39, 0.29) is 10.8 Å². The highest BCUT2D eigenvalue weighted by molar-refractivity contribution is 5.43. The molecule has 0 atom stereocenters. The lowest BCUT2D eigenvalue weighted by molar-refractivity contribution is 0.422. The average molecular weight is 242 g/mol. The fraction of sp³-hybridized carbons (Fsp3) is 0.556. The molecule has 0 fully saturated rings. The van der Waals surface area contributed by atoms with Crippen LogP contribution in [0.15, 0.2) is 35.4 Å². The molecule has 98 valence electrons. The van der Waals surface area contributed by atoms with E-state index >= 15 is 0 Å². The molecule has 1 aromatic rings. The molecular weight excluding hydrogens is 216 g/mol. The third kappa shape index (κ3) is 2.53. The van der Waals surface area contributed by atoms with Crippen molar-refractivity contribution in [1.82, 2.24) is 0 Å². The molecular formula is C18H26. The smallest absolute Gasteiger partial charge is 0.00560 e. The van der Waals surface area contributed by atoms with Crippen molar-refractivity contribution in [3.8, 4) is 0 Å². The Bertz CT molecular complexity index is 430. The van der Waals surface area contributed by atoms with Gasteiger partial charge in [-0.05, 0) is 34.8 Å². The molecule has 1 aromatic carbocycles. The average Bonchev–Trinajstić information content (AvgIpc) is 2.25. The summed E-state index contributed by atoms with van der Waals surface area (Å²) in [4.78, 5) is 0. The first-order valence-electron chi connectivity index (χ1n) is 6.99. The molecule has 1 aliphatic carbocycles. The highest BCUT2D eigenvalue weighted by Crippen LogP contribution is 2.43. The highest BCUT2D eigenvalue weighted by atomic mass is 14.4. The molecule has 1 aliphatic rings. The van der Waals surface area contributed by atoms with Gasteiger partial charge in [0.05, 0.1) is 0 Å². The molecule has 0 bridgehead atoms. The van der Waals surface area contributed by atoms with Crippen LogP contribution < -0.4 is 0 Å². The maximum Gasteiger partial charge on any atom is -0.00560 e. The normalized spacial score (nSPS) is 16.8. The molecule has 0 nitrogen and oxygen atoms in total. The van der Waals surface area contributed by atoms with Gasteiger partial charge in [-0.1, -0.05) is 77.0 Å². The fourth-order valence-electron chi connectivity index (χ4n) is 2.93. The van der Waals surface area contributed by atoms with E-state index in [9.17, 15) is 0 Å². The summed E-state index contributed by atoms with van der Waals surface area (Å²) in [6, 6.07) is 8.92. The molecule has 0 unspecified atom stereocenters. The molecule has 0 radical (unpaired) electrons. The van der Waals surface area contributed by atoms with E-state index in [2.05, 4.69) is 65.8 Å². The Labute approximate surface area is 112 Å². The molecule has 0 heterocycles. The molecule has 0 N–H and O–H groups in total. The lowest BCUT2D eigenvalue weighted by atomic mass is 9.68. The Kier molecular flexibility index (Phi) is 3.17. The van der Waals surface area contributed by atoms with Crippen molar-refractivity contribution in [1.29, 1.82) is 0 Å². The van der Waals surface area contributed by atoms with Gasteiger partial charge in [-0.3, -0.25) is 0 Å². The summed E-state index contributed by atoms with van der Waals surface area (Å²) in [5.74, 6) is 0. The van der Waals surface area contributed by atoms with Gasteiger partial charge in [0.2, 0.25) is 0 Å². The molecule has 0 saturated carbocycles. The van der Waals surface area contributed by atoms with Crippen molar-refractivity contribution in [3.63, 3.8) is 0 Å². The molecule has 0 spiro atoms. The Morgan fingerprint density at radius 2 is 1.00 bits per heavy atom. The second-order valence-electron chi connectivity index (χ2n) is 7.58. The zero-order valence-electron chi connectivity index (χ0n) is 12.7. The van der Waals surface area contributed by atoms with E-state index in [4.69, 9.17) is 0 Å². The van der Waals surface area contributed by atoms with Crippen LogP contribution in [0, 0.1) is 10.8 Å². The van der Waals surface area contributed by atoms with Gasteiger partial charge in [-0.2, -0.15) is 0 Å². The number of rotatable bonds is 0. The van der Waals surface area contributed by atoms with Gasteiger partial charge in [0.15, 0.2) is 0 Å². The Hall–Kier alpha value is -1.04. The molecule has 0 amide bonds. The van der Waals surface area contributed by atoms with Crippen LogP contribution in [-0.2, 0) is 12.8 Å². The number of benzene rings is 1. The second-order valence-corrected chi connectivity index (χ2v) is 7.58. The summed E-state index contributed by atoms with van der Waals surface area (Å²) in [5, 5.41) is 0. The van der Waals surface area contributed by atoms with Crippen molar-refractivity contribution >= 4 is 0 Å². The largest absolute Gasteiger partial charge is 0.0620 e. The number of hydrogen-bond acceptors (Lipinski definition) is 0. The van der Waals surface area contributed by atoms with Crippen LogP contribution in [0.3, 0.4) is 0 Å². The quantitative estimate of drug-likeness (QED) is 0.550. The van der Waals surface area contributed by atoms with E-state index in [1.54, 1.807) is 11.1 Å². The number of fused-ring (bicyclic) bond motifs is 1. The zero-order valence-corrected chi connectivity index (χ0v) is 12.7. The van der Waals surface area contributed by atoms with Crippen LogP contribution in [-0.4, -0.2) is 0 Å². The first-order valence-corrected chi connectivity index (χ1v) is 6.99. The summed E-state index contributed by atoms with van der Waals surface area (Å²) in [6.07, 6.45) is 2.26. The predicted molar refractivity (Wildman–Crippen MR) is 79.8 cm³/mol. The number of allylic oxidation sites excluding steroid dienone is 2. The van der Waals surface area contributed by atoms with Crippen LogP contribution in [0.25, 0.3) is 0 Å². The summed E-state index contributed by atoms with van der Waals surface area (Å²) in [7, 11) is 0. The molecule has 0 heteroatoms. The standard InChI is InChI=1S/C18H26/c1-17(2,3)15-11-13-9-7-8-10-14(13)12-16(15)18(4,5)6/h7-10H,11-12H2,1-6H3. The van der Waals surface area contributed by atoms with Crippen LogP contribution in [0.4, 0.5) is 0 Å². The van der Waals surface area contributed by atoms with E-state index in [1.165, 1.54) is 11.1 Å². The summed E-state index contributed by atoms with van der Waals surface area (Å²) in [6.45, 7) is 14.1. The van der Waals surface area contributed by atoms with Crippen LogP contribution in [0.5, 0.6) is 0 Å². The van der Waals surface area contributed by atoms with Gasteiger partial charge in [0.25, 0.3) is 0 Å². The SMILES string of the molecule is CC(C)(C)C1=C(C(C)(C)C)Cc2ccccc2C1. The minimum Gasteiger partial charge on any atom is -0.0620 e. The fourth-order valence-corrected chi connectivity index (χ4v) is 2.93. The Morgan fingerprint density at radius 3 is 1.28 bits per heavy atom. The lowest BCUT2D eigenvalue weighted by Crippen LogP contribution is -2.26. The van der Waals surface area contributed by atoms with Crippen LogP contribution >= 0.6 is 0 Å². The van der Waals surface area contributed by atoms with Crippen molar-refractivity contribution in [2.45, 2.75) is 54.4 Å². The van der Waals surface area contributed by atoms with Gasteiger partial charge in [0.1, 0.15) is 0 Å². The third-order valence-corrected chi connectivity index (χ3v) is 4.03. The van der Waals surface area contributed by atoms with Gasteiger partial charge in [0, 0.05) is 0 Å². The second kappa shape index (κ2) is 4.26. The maximum atomic E-state index is 2.35. The maximum absolute atomic E-state index is 2.35. The summed E-state index contributed by atoms with van der Waals surface area (Å²) < 4.78 is 0. The summed E-state index contributed by atoms with van der Waals surface area (Å²) >= 11 is 0. The van der Waals surface area contributed by atoms with Crippen molar-refractivity contribution < 1.29 is 0 Å². The first kappa shape index (κ1) is 13.4. The van der Waals surface area contributed by atoms with Crippen LogP contribution in [0.2, 0.25) is 0 Å². The molecule has 18 heavy (non-hydrogen) atoms. The topological polar surface area (TPSA) is 0 Å². The minimum atomic E-state index is 0.274. The van der Waals surface area contributed by atoms with Crippen molar-refractivity contribution in [2.75, 3.05) is 0 Å². The predicted octanol–water partition coefficient (Wildman–Crippen LogP) is 5.17. The molecule has 0 saturated heterocycles. The Morgan fingerprint density at radius 1 is 0.667 bits per heavy atom. The van der Waals surface area contributed by atoms with Gasteiger partial charge >= 0.3 is 0 Å². The van der Waals surface area contributed by atoms with Gasteiger partial charge in [-0.25, -0.2) is 0 Å². The molecule has 2 rings (SSSR count). The van der Waals surface area contributed by atoms with E-state index in [1.807, 2.05) is 0 Å². The van der Waals surface area contributed by atoms with Gasteiger partial charge in [-0.15, -0.1) is 0 Å². The molecule has 0 aliphatic heterocycles. The third-order valence-electron chi connectivity index (χ3n) is 4.03. The number of hydrogen-bond donors (Lipinski definition) is 0. The minimum absolute atomic E-state index is 0.274. The zero-order chi connectivity index (χ0) is 13.6. The monoisotopic (exact) mass is 242 g/mol. The summed E-state index contributed by atoms with van der Waals surface area (Å²) in [5.41, 5.74) is 6.89. The lowest BCUT2D eigenvalue weighted by Gasteiger charge is -2.37. The van der Waals surface area contributed by atoms with E-state index in [0.29, 0.717) is 0 Å². The Balaban J connectivity index is 2.53. The van der Waals surface area contributed by atoms with Crippen molar-refractivity contribution in [2.24, 2.45) is 10.8 Å². The van der Waals surface area contributed by atoms with Crippen LogP contribution in [0.1, 0.15) is 52.7 Å². The van der Waals surface area contributed by atoms with Crippen molar-refractivity contribution in [3.05, 3.63) is 46.5 Å². The highest BCUT2D eigenvalue weighted by Gasteiger charge is 2.31. The first-order chi connectivity index (χ1) is 8.19. The molecule has 0 aromatic heterocycles. The van der Waals surface area contributed by atoms with E-state index in [0.717, 1.165) is 12.8 Å². The van der Waals surface area contributed by atoms with E-state index < -0.39 is 0 Å². The van der Waals surface area contributed by atoms with Gasteiger partial charge < -0.3 is 0 Å².